The zero-order chi connectivity index (χ0) is 13.9. The molecule has 1 aromatic rings. The molecular weight excluding hydrogens is 313 g/mol. The topological polar surface area (TPSA) is 26.3 Å². The Morgan fingerprint density at radius 1 is 1.44 bits per heavy atom. The van der Waals surface area contributed by atoms with Crippen molar-refractivity contribution in [1.82, 2.24) is 0 Å². The van der Waals surface area contributed by atoms with E-state index in [0.29, 0.717) is 16.3 Å². The van der Waals surface area contributed by atoms with Gasteiger partial charge in [0.15, 0.2) is 0 Å². The van der Waals surface area contributed by atoms with E-state index in [1.807, 2.05) is 0 Å². The summed E-state index contributed by atoms with van der Waals surface area (Å²) in [5.74, 6) is -0.559. The van der Waals surface area contributed by atoms with Gasteiger partial charge < -0.3 is 9.53 Å². The Hall–Kier alpha value is -1.04. The molecule has 100 valence electrons. The van der Waals surface area contributed by atoms with Gasteiger partial charge in [0.05, 0.1) is 12.7 Å². The highest BCUT2D eigenvalue weighted by molar-refractivity contribution is 9.10. The van der Waals surface area contributed by atoms with E-state index in [9.17, 15) is 18.0 Å². The Kier molecular flexibility index (Phi) is 4.78. The third-order valence-electron chi connectivity index (χ3n) is 2.57. The predicted octanol–water partition coefficient (Wildman–Crippen LogP) is 4.17. The standard InChI is InChI=1S/C12H12BrF3O2/c1-7(3-4-17)9-5-8(13)6-10(11(9)18-2)12(14,15)16/h4-7H,3H2,1-2H3. The van der Waals surface area contributed by atoms with E-state index in [-0.39, 0.29) is 18.1 Å². The first kappa shape index (κ1) is 15.0. The molecule has 1 rings (SSSR count). The molecule has 0 heterocycles. The summed E-state index contributed by atoms with van der Waals surface area (Å²) in [6, 6.07) is 2.51. The third kappa shape index (κ3) is 3.25. The molecule has 0 radical (unpaired) electrons. The fourth-order valence-corrected chi connectivity index (χ4v) is 2.17. The second-order valence-corrected chi connectivity index (χ2v) is 4.79. The summed E-state index contributed by atoms with van der Waals surface area (Å²) in [6.45, 7) is 1.68. The van der Waals surface area contributed by atoms with Crippen molar-refractivity contribution in [1.29, 1.82) is 0 Å². The van der Waals surface area contributed by atoms with Crippen LogP contribution in [-0.4, -0.2) is 13.4 Å². The number of rotatable bonds is 4. The lowest BCUT2D eigenvalue weighted by Crippen LogP contribution is -2.10. The number of benzene rings is 1. The van der Waals surface area contributed by atoms with Gasteiger partial charge in [0.2, 0.25) is 0 Å². The van der Waals surface area contributed by atoms with Crippen molar-refractivity contribution in [3.63, 3.8) is 0 Å². The monoisotopic (exact) mass is 324 g/mol. The van der Waals surface area contributed by atoms with Gasteiger partial charge in [-0.15, -0.1) is 0 Å². The molecule has 0 bridgehead atoms. The van der Waals surface area contributed by atoms with Crippen molar-refractivity contribution in [2.75, 3.05) is 7.11 Å². The minimum absolute atomic E-state index is 0.143. The maximum atomic E-state index is 12.9. The summed E-state index contributed by atoms with van der Waals surface area (Å²) in [4.78, 5) is 10.5. The summed E-state index contributed by atoms with van der Waals surface area (Å²) < 4.78 is 43.8. The Labute approximate surface area is 111 Å². The lowest BCUT2D eigenvalue weighted by molar-refractivity contribution is -0.138. The van der Waals surface area contributed by atoms with Gasteiger partial charge >= 0.3 is 6.18 Å². The first-order valence-corrected chi connectivity index (χ1v) is 5.98. The minimum atomic E-state index is -4.50. The highest BCUT2D eigenvalue weighted by Gasteiger charge is 2.36. The van der Waals surface area contributed by atoms with E-state index < -0.39 is 11.7 Å². The molecule has 0 saturated carbocycles. The molecule has 6 heteroatoms. The van der Waals surface area contributed by atoms with Crippen molar-refractivity contribution in [2.24, 2.45) is 0 Å². The van der Waals surface area contributed by atoms with Gasteiger partial charge in [0.1, 0.15) is 12.0 Å². The number of carbonyl (C=O) groups is 1. The summed E-state index contributed by atoms with van der Waals surface area (Å²) in [6.07, 6.45) is -3.67. The number of aldehydes is 1. The molecule has 0 aromatic heterocycles. The Balaban J connectivity index is 3.42. The van der Waals surface area contributed by atoms with Gasteiger partial charge in [-0.1, -0.05) is 22.9 Å². The predicted molar refractivity (Wildman–Crippen MR) is 64.8 cm³/mol. The highest BCUT2D eigenvalue weighted by Crippen LogP contribution is 2.42. The van der Waals surface area contributed by atoms with Crippen molar-refractivity contribution in [3.8, 4) is 5.75 Å². The van der Waals surface area contributed by atoms with E-state index >= 15 is 0 Å². The number of alkyl halides is 3. The molecule has 1 unspecified atom stereocenters. The van der Waals surface area contributed by atoms with Crippen LogP contribution < -0.4 is 4.74 Å². The highest BCUT2D eigenvalue weighted by atomic mass is 79.9. The van der Waals surface area contributed by atoms with Crippen LogP contribution in [0.2, 0.25) is 0 Å². The van der Waals surface area contributed by atoms with Crippen LogP contribution in [0.4, 0.5) is 13.2 Å². The van der Waals surface area contributed by atoms with Gasteiger partial charge in [-0.3, -0.25) is 0 Å². The molecule has 0 aliphatic rings. The van der Waals surface area contributed by atoms with E-state index in [4.69, 9.17) is 4.74 Å². The van der Waals surface area contributed by atoms with E-state index in [1.165, 1.54) is 7.11 Å². The van der Waals surface area contributed by atoms with Crippen LogP contribution in [0.1, 0.15) is 30.4 Å². The molecule has 1 aromatic carbocycles. The van der Waals surface area contributed by atoms with Gasteiger partial charge in [-0.25, -0.2) is 0 Å². The summed E-state index contributed by atoms with van der Waals surface area (Å²) >= 11 is 3.04. The molecule has 0 amide bonds. The normalized spacial score (nSPS) is 13.2. The van der Waals surface area contributed by atoms with Crippen LogP contribution in [-0.2, 0) is 11.0 Å². The van der Waals surface area contributed by atoms with Crippen LogP contribution in [0.25, 0.3) is 0 Å². The van der Waals surface area contributed by atoms with Gasteiger partial charge in [-0.2, -0.15) is 13.2 Å². The second-order valence-electron chi connectivity index (χ2n) is 3.88. The number of methoxy groups -OCH3 is 1. The van der Waals surface area contributed by atoms with Crippen LogP contribution >= 0.6 is 15.9 Å². The minimum Gasteiger partial charge on any atom is -0.496 e. The van der Waals surface area contributed by atoms with E-state index in [2.05, 4.69) is 15.9 Å². The quantitative estimate of drug-likeness (QED) is 0.777. The van der Waals surface area contributed by atoms with Gasteiger partial charge in [0.25, 0.3) is 0 Å². The van der Waals surface area contributed by atoms with Crippen LogP contribution in [0, 0.1) is 0 Å². The molecular formula is C12H12BrF3O2. The Morgan fingerprint density at radius 3 is 2.50 bits per heavy atom. The van der Waals surface area contributed by atoms with Gasteiger partial charge in [0, 0.05) is 10.9 Å². The van der Waals surface area contributed by atoms with Crippen LogP contribution in [0.15, 0.2) is 16.6 Å². The first-order chi connectivity index (χ1) is 8.31. The number of carbonyl (C=O) groups excluding carboxylic acids is 1. The molecule has 0 fully saturated rings. The molecule has 18 heavy (non-hydrogen) atoms. The maximum absolute atomic E-state index is 12.9. The molecule has 0 saturated heterocycles. The number of ether oxygens (including phenoxy) is 1. The molecule has 0 aliphatic carbocycles. The van der Waals surface area contributed by atoms with Crippen molar-refractivity contribution in [2.45, 2.75) is 25.4 Å². The molecule has 0 spiro atoms. The summed E-state index contributed by atoms with van der Waals surface area (Å²) in [5, 5.41) is 0. The molecule has 2 nitrogen and oxygen atoms in total. The fraction of sp³-hybridized carbons (Fsp3) is 0.417. The molecule has 1 atom stereocenters. The van der Waals surface area contributed by atoms with E-state index in [1.54, 1.807) is 13.0 Å². The average Bonchev–Trinajstić information content (AvgIpc) is 2.27. The number of halogens is 4. The zero-order valence-corrected chi connectivity index (χ0v) is 11.4. The molecule has 0 N–H and O–H groups in total. The van der Waals surface area contributed by atoms with Crippen molar-refractivity contribution in [3.05, 3.63) is 27.7 Å². The Bertz CT molecular complexity index is 444. The van der Waals surface area contributed by atoms with E-state index in [0.717, 1.165) is 6.07 Å². The maximum Gasteiger partial charge on any atom is 0.420 e. The fourth-order valence-electron chi connectivity index (χ4n) is 1.69. The third-order valence-corrected chi connectivity index (χ3v) is 3.03. The second kappa shape index (κ2) is 5.73. The zero-order valence-electron chi connectivity index (χ0n) is 9.84. The first-order valence-electron chi connectivity index (χ1n) is 5.19. The number of hydrogen-bond acceptors (Lipinski definition) is 2. The van der Waals surface area contributed by atoms with Crippen LogP contribution in [0.3, 0.4) is 0 Å². The largest absolute Gasteiger partial charge is 0.496 e. The van der Waals surface area contributed by atoms with Crippen molar-refractivity contribution < 1.29 is 22.7 Å². The van der Waals surface area contributed by atoms with Gasteiger partial charge in [-0.05, 0) is 23.6 Å². The lowest BCUT2D eigenvalue weighted by Gasteiger charge is -2.19. The summed E-state index contributed by atoms with van der Waals surface area (Å²) in [5.41, 5.74) is -0.474. The smallest absolute Gasteiger partial charge is 0.420 e. The Morgan fingerprint density at radius 2 is 2.06 bits per heavy atom. The SMILES string of the molecule is COc1c(C(C)CC=O)cc(Br)cc1C(F)(F)F. The molecule has 0 aliphatic heterocycles. The summed E-state index contributed by atoms with van der Waals surface area (Å²) in [7, 11) is 1.19. The lowest BCUT2D eigenvalue weighted by atomic mass is 9.95. The van der Waals surface area contributed by atoms with Crippen molar-refractivity contribution >= 4 is 22.2 Å². The number of hydrogen-bond donors (Lipinski definition) is 0. The van der Waals surface area contributed by atoms with Crippen LogP contribution in [0.5, 0.6) is 5.75 Å². The average molecular weight is 325 g/mol.